The zero-order valence-electron chi connectivity index (χ0n) is 19.5. The van der Waals surface area contributed by atoms with Crippen molar-refractivity contribution in [1.82, 2.24) is 0 Å². The average Bonchev–Trinajstić information content (AvgIpc) is 2.70. The summed E-state index contributed by atoms with van der Waals surface area (Å²) in [4.78, 5) is 0. The van der Waals surface area contributed by atoms with Crippen molar-refractivity contribution in [2.45, 2.75) is 66.0 Å². The molecule has 2 rings (SSSR count). The smallest absolute Gasteiger partial charge is 0.139 e. The Hall–Kier alpha value is -2.64. The van der Waals surface area contributed by atoms with Crippen LogP contribution in [0.25, 0.3) is 12.2 Å². The third-order valence-corrected chi connectivity index (χ3v) is 5.66. The maximum atomic E-state index is 10.4. The van der Waals surface area contributed by atoms with Gasteiger partial charge in [-0.05, 0) is 87.1 Å². The second kappa shape index (κ2) is 10.3. The van der Waals surface area contributed by atoms with Crippen LogP contribution in [0.5, 0.6) is 0 Å². The van der Waals surface area contributed by atoms with Crippen LogP contribution in [0.15, 0.2) is 35.8 Å². The highest BCUT2D eigenvalue weighted by Crippen LogP contribution is 2.24. The van der Waals surface area contributed by atoms with E-state index in [0.29, 0.717) is 11.1 Å². The zero-order chi connectivity index (χ0) is 24.3. The van der Waals surface area contributed by atoms with E-state index in [9.17, 15) is 30.6 Å². The minimum absolute atomic E-state index is 0.563. The first-order valence-electron chi connectivity index (χ1n) is 10.5. The summed E-state index contributed by atoms with van der Waals surface area (Å²) in [6.07, 6.45) is -4.96. The molecular formula is C26H34O6. The van der Waals surface area contributed by atoms with Crippen molar-refractivity contribution in [1.29, 1.82) is 0 Å². The van der Waals surface area contributed by atoms with Gasteiger partial charge in [0.15, 0.2) is 0 Å². The fraction of sp³-hybridized carbons (Fsp3) is 0.385. The van der Waals surface area contributed by atoms with Crippen LogP contribution in [0.4, 0.5) is 0 Å². The molecule has 6 nitrogen and oxygen atoms in total. The molecule has 0 aromatic heterocycles. The molecule has 0 unspecified atom stereocenters. The molecule has 0 aliphatic rings. The van der Waals surface area contributed by atoms with Gasteiger partial charge in [-0.3, -0.25) is 0 Å². The summed E-state index contributed by atoms with van der Waals surface area (Å²) in [5, 5.41) is 62.1. The first kappa shape index (κ1) is 25.6. The van der Waals surface area contributed by atoms with E-state index >= 15 is 0 Å². The van der Waals surface area contributed by atoms with E-state index in [4.69, 9.17) is 0 Å². The topological polar surface area (TPSA) is 121 Å². The van der Waals surface area contributed by atoms with Crippen LogP contribution >= 0.6 is 0 Å². The van der Waals surface area contributed by atoms with Crippen molar-refractivity contribution in [3.8, 4) is 0 Å². The van der Waals surface area contributed by atoms with Gasteiger partial charge in [-0.1, -0.05) is 35.4 Å². The van der Waals surface area contributed by atoms with Gasteiger partial charge >= 0.3 is 0 Å². The molecule has 2 aromatic carbocycles. The van der Waals surface area contributed by atoms with Crippen molar-refractivity contribution in [3.05, 3.63) is 80.3 Å². The molecule has 0 aliphatic heterocycles. The first-order chi connectivity index (χ1) is 14.8. The molecule has 174 valence electrons. The number of hydrogen-bond acceptors (Lipinski definition) is 6. The highest BCUT2D eigenvalue weighted by Gasteiger charge is 2.34. The van der Waals surface area contributed by atoms with Crippen LogP contribution < -0.4 is 0 Å². The van der Waals surface area contributed by atoms with Gasteiger partial charge in [0.1, 0.15) is 35.9 Å². The number of benzene rings is 2. The van der Waals surface area contributed by atoms with Gasteiger partial charge in [0.2, 0.25) is 0 Å². The van der Waals surface area contributed by atoms with Gasteiger partial charge in [-0.2, -0.15) is 0 Å². The summed E-state index contributed by atoms with van der Waals surface area (Å²) in [6.45, 7) is 11.3. The third-order valence-electron chi connectivity index (χ3n) is 5.66. The minimum Gasteiger partial charge on any atom is -0.509 e. The molecule has 0 amide bonds. The van der Waals surface area contributed by atoms with Gasteiger partial charge in [-0.25, -0.2) is 0 Å². The lowest BCUT2D eigenvalue weighted by Gasteiger charge is -2.26. The molecular weight excluding hydrogens is 408 g/mol. The van der Waals surface area contributed by atoms with Crippen molar-refractivity contribution in [2.75, 3.05) is 0 Å². The van der Waals surface area contributed by atoms with Gasteiger partial charge in [0.25, 0.3) is 0 Å². The van der Waals surface area contributed by atoms with Crippen LogP contribution in [0.1, 0.15) is 44.5 Å². The van der Waals surface area contributed by atoms with Crippen LogP contribution in [0, 0.1) is 41.5 Å². The second-order valence-electron chi connectivity index (χ2n) is 8.63. The fourth-order valence-corrected chi connectivity index (χ4v) is 4.03. The predicted octanol–water partition coefficient (Wildman–Crippen LogP) is 3.48. The lowest BCUT2D eigenvalue weighted by atomic mass is 9.95. The van der Waals surface area contributed by atoms with Crippen LogP contribution in [0.3, 0.4) is 0 Å². The Balaban J connectivity index is 2.24. The summed E-state index contributed by atoms with van der Waals surface area (Å²) < 4.78 is 0. The molecule has 0 radical (unpaired) electrons. The number of aliphatic hydroxyl groups is 6. The second-order valence-corrected chi connectivity index (χ2v) is 8.63. The Kier molecular flexibility index (Phi) is 8.26. The maximum Gasteiger partial charge on any atom is 0.139 e. The SMILES string of the molecule is Cc1cc(C)c(C=C(O)[C@@H](O)[C@@H](O)[C@H](O)[C@@H](O)C(O)=Cc2c(C)cc(C)cc2C)c(C)c1. The molecule has 6 N–H and O–H groups in total. The summed E-state index contributed by atoms with van der Waals surface area (Å²) in [7, 11) is 0. The number of aliphatic hydroxyl groups excluding tert-OH is 6. The van der Waals surface area contributed by atoms with Crippen molar-refractivity contribution >= 4 is 12.2 Å². The summed E-state index contributed by atoms with van der Waals surface area (Å²) >= 11 is 0. The molecule has 4 atom stereocenters. The lowest BCUT2D eigenvalue weighted by Crippen LogP contribution is -2.45. The fourth-order valence-electron chi connectivity index (χ4n) is 4.03. The van der Waals surface area contributed by atoms with Crippen LogP contribution in [0.2, 0.25) is 0 Å². The molecule has 2 aromatic rings. The largest absolute Gasteiger partial charge is 0.509 e. The maximum absolute atomic E-state index is 10.4. The predicted molar refractivity (Wildman–Crippen MR) is 127 cm³/mol. The molecule has 0 saturated heterocycles. The van der Waals surface area contributed by atoms with E-state index in [-0.39, 0.29) is 0 Å². The molecule has 0 heterocycles. The molecule has 32 heavy (non-hydrogen) atoms. The number of hydrogen-bond donors (Lipinski definition) is 6. The molecule has 0 bridgehead atoms. The van der Waals surface area contributed by atoms with Crippen LogP contribution in [-0.4, -0.2) is 55.1 Å². The normalized spacial score (nSPS) is 16.6. The summed E-state index contributed by atoms with van der Waals surface area (Å²) in [5.74, 6) is -1.13. The van der Waals surface area contributed by atoms with Gasteiger partial charge < -0.3 is 30.6 Å². The highest BCUT2D eigenvalue weighted by atomic mass is 16.4. The highest BCUT2D eigenvalue weighted by molar-refractivity contribution is 5.61. The Labute approximate surface area is 189 Å². The minimum atomic E-state index is -1.94. The monoisotopic (exact) mass is 442 g/mol. The standard InChI is InChI=1S/C26H34O6/c1-13-7-15(3)19(16(4)8-13)11-21(27)23(29)25(31)26(32)24(30)22(28)12-20-17(5)9-14(2)10-18(20)6/h7-12,23-32H,1-6H3/t23-,24+,25-,26-/m1/s1. The van der Waals surface area contributed by atoms with Crippen LogP contribution in [-0.2, 0) is 0 Å². The Morgan fingerprint density at radius 1 is 0.562 bits per heavy atom. The van der Waals surface area contributed by atoms with Crippen molar-refractivity contribution in [2.24, 2.45) is 0 Å². The Morgan fingerprint density at radius 3 is 1.06 bits per heavy atom. The van der Waals surface area contributed by atoms with Crippen molar-refractivity contribution < 1.29 is 30.6 Å². The number of aryl methyl sites for hydroxylation is 6. The first-order valence-corrected chi connectivity index (χ1v) is 10.5. The molecule has 6 heteroatoms. The molecule has 0 fully saturated rings. The molecule has 0 spiro atoms. The van der Waals surface area contributed by atoms with Gasteiger partial charge in [0.05, 0.1) is 0 Å². The quantitative estimate of drug-likeness (QED) is 0.365. The number of rotatable bonds is 7. The van der Waals surface area contributed by atoms with E-state index in [2.05, 4.69) is 0 Å². The van der Waals surface area contributed by atoms with E-state index < -0.39 is 35.9 Å². The zero-order valence-corrected chi connectivity index (χ0v) is 19.5. The summed E-state index contributed by atoms with van der Waals surface area (Å²) in [6, 6.07) is 7.69. The van der Waals surface area contributed by atoms with E-state index in [1.54, 1.807) is 0 Å². The molecule has 0 saturated carbocycles. The van der Waals surface area contributed by atoms with Gasteiger partial charge in [-0.15, -0.1) is 0 Å². The summed E-state index contributed by atoms with van der Waals surface area (Å²) in [5.41, 5.74) is 6.97. The lowest BCUT2D eigenvalue weighted by molar-refractivity contribution is -0.0996. The van der Waals surface area contributed by atoms with Gasteiger partial charge in [0, 0.05) is 0 Å². The average molecular weight is 443 g/mol. The Bertz CT molecular complexity index is 907. The van der Waals surface area contributed by atoms with E-state index in [1.165, 1.54) is 12.2 Å². The Morgan fingerprint density at radius 2 is 0.812 bits per heavy atom. The van der Waals surface area contributed by atoms with E-state index in [0.717, 1.165) is 33.4 Å². The molecule has 0 aliphatic carbocycles. The third kappa shape index (κ3) is 5.78. The van der Waals surface area contributed by atoms with E-state index in [1.807, 2.05) is 65.8 Å². The van der Waals surface area contributed by atoms with Crippen molar-refractivity contribution in [3.63, 3.8) is 0 Å².